The quantitative estimate of drug-likeness (QED) is 0.241. The van der Waals surface area contributed by atoms with E-state index in [4.69, 9.17) is 28.1 Å². The van der Waals surface area contributed by atoms with Crippen LogP contribution in [0.4, 0.5) is 0 Å². The first-order chi connectivity index (χ1) is 21.6. The lowest BCUT2D eigenvalue weighted by Gasteiger charge is -2.46. The van der Waals surface area contributed by atoms with E-state index in [9.17, 15) is 24.0 Å². The molecule has 0 spiro atoms. The number of hydrogen-bond acceptors (Lipinski definition) is 11. The smallest absolute Gasteiger partial charge is 0.351 e. The van der Waals surface area contributed by atoms with Crippen LogP contribution in [0.1, 0.15) is 104 Å². The van der Waals surface area contributed by atoms with Gasteiger partial charge in [-0.05, 0) is 84.4 Å². The number of fused-ring (bicyclic) bond motifs is 7. The number of esters is 4. The lowest BCUT2D eigenvalue weighted by Crippen LogP contribution is -2.57. The zero-order chi connectivity index (χ0) is 34.5. The fourth-order valence-electron chi connectivity index (χ4n) is 9.11. The van der Waals surface area contributed by atoms with E-state index >= 15 is 0 Å². The second-order valence-corrected chi connectivity index (χ2v) is 16.3. The van der Waals surface area contributed by atoms with Crippen molar-refractivity contribution in [1.82, 2.24) is 0 Å². The highest BCUT2D eigenvalue weighted by molar-refractivity contribution is 5.95. The summed E-state index contributed by atoms with van der Waals surface area (Å²) < 4.78 is 36.7. The molecule has 5 aliphatic rings. The van der Waals surface area contributed by atoms with Crippen molar-refractivity contribution < 1.29 is 47.3 Å². The molecule has 2 aromatic rings. The maximum Gasteiger partial charge on any atom is 0.351 e. The molecule has 2 saturated heterocycles. The van der Waals surface area contributed by atoms with E-state index in [1.165, 1.54) is 6.07 Å². The molecule has 11 nitrogen and oxygen atoms in total. The van der Waals surface area contributed by atoms with Crippen molar-refractivity contribution >= 4 is 34.8 Å². The van der Waals surface area contributed by atoms with E-state index in [0.29, 0.717) is 23.8 Å². The highest BCUT2D eigenvalue weighted by Gasteiger charge is 2.78. The fourth-order valence-corrected chi connectivity index (χ4v) is 9.11. The summed E-state index contributed by atoms with van der Waals surface area (Å²) in [6.45, 7) is 17.9. The van der Waals surface area contributed by atoms with E-state index in [0.717, 1.165) is 5.56 Å². The van der Waals surface area contributed by atoms with Gasteiger partial charge in [-0.1, -0.05) is 27.7 Å². The summed E-state index contributed by atoms with van der Waals surface area (Å²) in [7, 11) is 0. The average molecular weight is 651 g/mol. The van der Waals surface area contributed by atoms with Gasteiger partial charge in [0.2, 0.25) is 11.2 Å². The molecular formula is C36H42O11. The van der Waals surface area contributed by atoms with Crippen molar-refractivity contribution in [2.24, 2.45) is 21.7 Å². The molecule has 0 radical (unpaired) electrons. The van der Waals surface area contributed by atoms with Crippen molar-refractivity contribution in [2.45, 2.75) is 124 Å². The van der Waals surface area contributed by atoms with Crippen LogP contribution in [0.2, 0.25) is 0 Å². The summed E-state index contributed by atoms with van der Waals surface area (Å²) in [5.74, 6) is -2.23. The van der Waals surface area contributed by atoms with Gasteiger partial charge in [0.05, 0.1) is 16.4 Å². The zero-order valence-corrected chi connectivity index (χ0v) is 28.6. The van der Waals surface area contributed by atoms with Crippen LogP contribution in [0.5, 0.6) is 5.75 Å². The third-order valence-corrected chi connectivity index (χ3v) is 13.3. The minimum Gasteiger partial charge on any atom is -0.483 e. The molecule has 4 unspecified atom stereocenters. The highest BCUT2D eigenvalue weighted by Crippen LogP contribution is 2.67. The number of aryl methyl sites for hydroxylation is 2. The van der Waals surface area contributed by atoms with Gasteiger partial charge in [0.1, 0.15) is 16.9 Å². The van der Waals surface area contributed by atoms with Gasteiger partial charge < -0.3 is 28.1 Å². The zero-order valence-electron chi connectivity index (χ0n) is 28.6. The second-order valence-electron chi connectivity index (χ2n) is 16.3. The number of ether oxygens (including phenoxy) is 5. The van der Waals surface area contributed by atoms with Crippen molar-refractivity contribution in [2.75, 3.05) is 0 Å². The van der Waals surface area contributed by atoms with Crippen LogP contribution in [0.15, 0.2) is 21.3 Å². The Hall–Kier alpha value is -3.89. The lowest BCUT2D eigenvalue weighted by molar-refractivity contribution is -0.217. The first kappa shape index (κ1) is 31.7. The van der Waals surface area contributed by atoms with E-state index in [1.54, 1.807) is 40.7 Å². The van der Waals surface area contributed by atoms with Crippen molar-refractivity contribution in [3.8, 4) is 5.75 Å². The molecule has 4 heterocycles. The third kappa shape index (κ3) is 3.50. The first-order valence-corrected chi connectivity index (χ1v) is 16.3. The summed E-state index contributed by atoms with van der Waals surface area (Å²) in [5.41, 5.74) is -6.94. The standard InChI is InChI=1S/C36H42O11/c1-17-15-19-22(23-21(17)18(2)16-20(37)42-23)24(43-28(40)35-13-11-33(9,26(38)46-35)31(35,5)6)25(30(3,4)45-19)44-29(41)36-14-12-34(10,27(39)47-36)32(36,7)8/h15-16,24-25H,11-14H2,1-10H3/t24-,25-,33?,34?,35?,36?/m1/s1. The molecule has 252 valence electrons. The third-order valence-electron chi connectivity index (χ3n) is 13.3. The number of carbonyl (C=O) groups is 4. The Labute approximate surface area is 272 Å². The molecule has 3 aliphatic heterocycles. The van der Waals surface area contributed by atoms with Gasteiger partial charge in [-0.15, -0.1) is 0 Å². The normalized spacial score (nSPS) is 36.8. The van der Waals surface area contributed by atoms with Gasteiger partial charge in [-0.2, -0.15) is 0 Å². The molecule has 2 saturated carbocycles. The van der Waals surface area contributed by atoms with E-state index < -0.39 is 80.2 Å². The van der Waals surface area contributed by atoms with Crippen LogP contribution in [0, 0.1) is 35.5 Å². The molecule has 47 heavy (non-hydrogen) atoms. The molecule has 0 amide bonds. The Bertz CT molecular complexity index is 1880. The maximum atomic E-state index is 14.5. The van der Waals surface area contributed by atoms with Gasteiger partial charge in [0.25, 0.3) is 0 Å². The summed E-state index contributed by atoms with van der Waals surface area (Å²) in [4.78, 5) is 67.8. The molecule has 0 N–H and O–H groups in total. The second kappa shape index (κ2) is 8.96. The molecule has 7 rings (SSSR count). The summed E-state index contributed by atoms with van der Waals surface area (Å²) >= 11 is 0. The summed E-state index contributed by atoms with van der Waals surface area (Å²) in [5, 5.41) is 0.619. The van der Waals surface area contributed by atoms with E-state index in [1.807, 2.05) is 34.6 Å². The monoisotopic (exact) mass is 650 g/mol. The molecule has 1 aromatic heterocycles. The Morgan fingerprint density at radius 1 is 0.702 bits per heavy atom. The minimum absolute atomic E-state index is 0.134. The van der Waals surface area contributed by atoms with Crippen molar-refractivity contribution in [3.05, 3.63) is 39.2 Å². The van der Waals surface area contributed by atoms with Crippen molar-refractivity contribution in [3.63, 3.8) is 0 Å². The SMILES string of the molecule is Cc1cc2c(c3oc(=O)cc(C)c13)[C@@H](OC(=O)C13CCC(C)(C(=O)O1)C3(C)C)[C@@H](OC(=O)C13CCC(C)(C(=O)O1)C3(C)C)C(C)(C)O2. The topological polar surface area (TPSA) is 145 Å². The number of carbonyl (C=O) groups excluding carboxylic acids is 4. The molecule has 11 heteroatoms. The Balaban J connectivity index is 1.39. The van der Waals surface area contributed by atoms with Gasteiger partial charge in [-0.25, -0.2) is 14.4 Å². The van der Waals surface area contributed by atoms with Crippen molar-refractivity contribution in [1.29, 1.82) is 0 Å². The molecule has 4 bridgehead atoms. The number of benzene rings is 1. The van der Waals surface area contributed by atoms with Crippen LogP contribution in [-0.2, 0) is 38.1 Å². The molecule has 1 aromatic carbocycles. The van der Waals surface area contributed by atoms with Crippen LogP contribution < -0.4 is 10.4 Å². The summed E-state index contributed by atoms with van der Waals surface area (Å²) in [6, 6.07) is 3.15. The van der Waals surface area contributed by atoms with Gasteiger partial charge in [-0.3, -0.25) is 9.59 Å². The lowest BCUT2D eigenvalue weighted by atomic mass is 9.66. The van der Waals surface area contributed by atoms with Crippen LogP contribution in [0.3, 0.4) is 0 Å². The summed E-state index contributed by atoms with van der Waals surface area (Å²) in [6.07, 6.45) is -1.28. The molecular weight excluding hydrogens is 608 g/mol. The van der Waals surface area contributed by atoms with Gasteiger partial charge in [0.15, 0.2) is 12.2 Å². The van der Waals surface area contributed by atoms with Crippen LogP contribution in [-0.4, -0.2) is 46.8 Å². The van der Waals surface area contributed by atoms with E-state index in [2.05, 4.69) is 0 Å². The Morgan fingerprint density at radius 2 is 1.19 bits per heavy atom. The number of hydrogen-bond donors (Lipinski definition) is 0. The maximum absolute atomic E-state index is 14.5. The first-order valence-electron chi connectivity index (χ1n) is 16.3. The van der Waals surface area contributed by atoms with E-state index in [-0.39, 0.29) is 29.7 Å². The van der Waals surface area contributed by atoms with Crippen LogP contribution in [0.25, 0.3) is 11.0 Å². The highest BCUT2D eigenvalue weighted by atomic mass is 16.7. The number of rotatable bonds is 4. The molecule has 6 atom stereocenters. The Kier molecular flexibility index (Phi) is 6.04. The molecule has 2 aliphatic carbocycles. The predicted molar refractivity (Wildman–Crippen MR) is 165 cm³/mol. The minimum atomic E-state index is -1.60. The van der Waals surface area contributed by atoms with Crippen LogP contribution >= 0.6 is 0 Å². The fraction of sp³-hybridized carbons (Fsp3) is 0.639. The Morgan fingerprint density at radius 3 is 1.66 bits per heavy atom. The predicted octanol–water partition coefficient (Wildman–Crippen LogP) is 5.32. The van der Waals surface area contributed by atoms with Gasteiger partial charge in [0, 0.05) is 22.3 Å². The van der Waals surface area contributed by atoms with Gasteiger partial charge >= 0.3 is 29.5 Å². The molecule has 4 fully saturated rings. The average Bonchev–Trinajstić information content (AvgIpc) is 3.42. The largest absolute Gasteiger partial charge is 0.483 e.